The first kappa shape index (κ1) is 13.7. The van der Waals surface area contributed by atoms with Crippen LogP contribution in [0.4, 0.5) is 0 Å². The average Bonchev–Trinajstić information content (AvgIpc) is 1.96. The zero-order valence-corrected chi connectivity index (χ0v) is 12.4. The van der Waals surface area contributed by atoms with Crippen molar-refractivity contribution in [3.05, 3.63) is 34.4 Å². The van der Waals surface area contributed by atoms with Crippen LogP contribution in [-0.2, 0) is 9.84 Å². The van der Waals surface area contributed by atoms with E-state index in [1.54, 1.807) is 0 Å². The Morgan fingerprint density at radius 2 is 1.62 bits per heavy atom. The lowest BCUT2D eigenvalue weighted by Gasteiger charge is -2.16. The summed E-state index contributed by atoms with van der Waals surface area (Å²) in [5, 5.41) is 0. The molecule has 0 aliphatic heterocycles. The Hall–Kier alpha value is -0.350. The first-order chi connectivity index (χ1) is 7.20. The van der Waals surface area contributed by atoms with E-state index >= 15 is 0 Å². The molecule has 1 aromatic carbocycles. The lowest BCUT2D eigenvalue weighted by Crippen LogP contribution is -2.11. The highest BCUT2D eigenvalue weighted by Crippen LogP contribution is 2.30. The molecule has 16 heavy (non-hydrogen) atoms. The number of hydrogen-bond acceptors (Lipinski definition) is 2. The lowest BCUT2D eigenvalue weighted by molar-refractivity contribution is 0.601. The van der Waals surface area contributed by atoms with Crippen LogP contribution >= 0.6 is 15.9 Å². The highest BCUT2D eigenvalue weighted by atomic mass is 79.9. The molecule has 0 aliphatic rings. The highest BCUT2D eigenvalue weighted by Gasteiger charge is 2.18. The third-order valence-electron chi connectivity index (χ3n) is 2.50. The molecule has 0 amide bonds. The second kappa shape index (κ2) is 4.88. The SMILES string of the molecule is Cc1cc(C)c(C(Br)CS(C)(=O)=O)c(C)c1. The standard InChI is InChI=1S/C12H17BrO2S/c1-8-5-9(2)12(10(3)6-8)11(13)7-16(4,14)15/h5-6,11H,7H2,1-4H3. The highest BCUT2D eigenvalue weighted by molar-refractivity contribution is 9.09. The van der Waals surface area contributed by atoms with Gasteiger partial charge >= 0.3 is 0 Å². The maximum Gasteiger partial charge on any atom is 0.148 e. The topological polar surface area (TPSA) is 34.1 Å². The number of alkyl halides is 1. The summed E-state index contributed by atoms with van der Waals surface area (Å²) in [7, 11) is -2.96. The van der Waals surface area contributed by atoms with Crippen LogP contribution in [-0.4, -0.2) is 20.4 Å². The van der Waals surface area contributed by atoms with E-state index in [4.69, 9.17) is 0 Å². The Morgan fingerprint density at radius 1 is 1.19 bits per heavy atom. The van der Waals surface area contributed by atoms with E-state index < -0.39 is 9.84 Å². The van der Waals surface area contributed by atoms with E-state index in [0.717, 1.165) is 16.7 Å². The minimum Gasteiger partial charge on any atom is -0.229 e. The van der Waals surface area contributed by atoms with Gasteiger partial charge in [0.1, 0.15) is 9.84 Å². The Morgan fingerprint density at radius 3 is 2.00 bits per heavy atom. The smallest absolute Gasteiger partial charge is 0.148 e. The summed E-state index contributed by atoms with van der Waals surface area (Å²) in [4.78, 5) is -0.122. The molecule has 1 aromatic rings. The minimum absolute atomic E-state index is 0.122. The van der Waals surface area contributed by atoms with E-state index in [2.05, 4.69) is 28.1 Å². The minimum atomic E-state index is -2.96. The number of sulfone groups is 1. The molecule has 0 spiro atoms. The number of benzene rings is 1. The maximum atomic E-state index is 11.3. The summed E-state index contributed by atoms with van der Waals surface area (Å²) >= 11 is 3.47. The van der Waals surface area contributed by atoms with Gasteiger partial charge < -0.3 is 0 Å². The molecule has 1 unspecified atom stereocenters. The normalized spacial score (nSPS) is 13.8. The molecule has 4 heteroatoms. The van der Waals surface area contributed by atoms with E-state index in [1.807, 2.05) is 20.8 Å². The maximum absolute atomic E-state index is 11.3. The Balaban J connectivity index is 3.14. The molecular formula is C12H17BrO2S. The fraction of sp³-hybridized carbons (Fsp3) is 0.500. The number of rotatable bonds is 3. The largest absolute Gasteiger partial charge is 0.229 e. The first-order valence-electron chi connectivity index (χ1n) is 5.10. The predicted molar refractivity (Wildman–Crippen MR) is 72.0 cm³/mol. The summed E-state index contributed by atoms with van der Waals surface area (Å²) in [6.45, 7) is 6.08. The monoisotopic (exact) mass is 304 g/mol. The van der Waals surface area contributed by atoms with Gasteiger partial charge in [0.05, 0.1) is 10.6 Å². The summed E-state index contributed by atoms with van der Waals surface area (Å²) in [5.41, 5.74) is 4.58. The third-order valence-corrected chi connectivity index (χ3v) is 4.65. The van der Waals surface area contributed by atoms with Crippen LogP contribution in [0.1, 0.15) is 27.1 Å². The number of aryl methyl sites for hydroxylation is 3. The molecule has 0 aliphatic carbocycles. The molecule has 0 heterocycles. The van der Waals surface area contributed by atoms with Gasteiger partial charge in [0, 0.05) is 6.26 Å². The molecule has 90 valence electrons. The van der Waals surface area contributed by atoms with Crippen LogP contribution in [0.3, 0.4) is 0 Å². The van der Waals surface area contributed by atoms with Gasteiger partial charge in [0.25, 0.3) is 0 Å². The van der Waals surface area contributed by atoms with Gasteiger partial charge in [-0.3, -0.25) is 0 Å². The second-order valence-electron chi connectivity index (χ2n) is 4.37. The second-order valence-corrected chi connectivity index (χ2v) is 7.66. The Labute approximate surface area is 106 Å². The molecule has 0 radical (unpaired) electrons. The van der Waals surface area contributed by atoms with E-state index in [-0.39, 0.29) is 10.6 Å². The van der Waals surface area contributed by atoms with E-state index in [0.29, 0.717) is 0 Å². The summed E-state index contributed by atoms with van der Waals surface area (Å²) in [6, 6.07) is 4.16. The molecular weight excluding hydrogens is 288 g/mol. The lowest BCUT2D eigenvalue weighted by atomic mass is 9.98. The van der Waals surface area contributed by atoms with Crippen molar-refractivity contribution in [3.8, 4) is 0 Å². The van der Waals surface area contributed by atoms with Crippen LogP contribution in [0.15, 0.2) is 12.1 Å². The van der Waals surface area contributed by atoms with E-state index in [9.17, 15) is 8.42 Å². The number of hydrogen-bond donors (Lipinski definition) is 0. The van der Waals surface area contributed by atoms with E-state index in [1.165, 1.54) is 11.8 Å². The fourth-order valence-corrected chi connectivity index (χ4v) is 4.90. The van der Waals surface area contributed by atoms with Crippen molar-refractivity contribution in [3.63, 3.8) is 0 Å². The molecule has 0 bridgehead atoms. The quantitative estimate of drug-likeness (QED) is 0.804. The van der Waals surface area contributed by atoms with Gasteiger partial charge in [-0.2, -0.15) is 0 Å². The first-order valence-corrected chi connectivity index (χ1v) is 8.08. The summed E-state index contributed by atoms with van der Waals surface area (Å²) < 4.78 is 22.5. The zero-order chi connectivity index (χ0) is 12.5. The fourth-order valence-electron chi connectivity index (χ4n) is 2.03. The molecule has 1 atom stereocenters. The van der Waals surface area contributed by atoms with Gasteiger partial charge in [0.15, 0.2) is 0 Å². The third kappa shape index (κ3) is 3.59. The summed E-state index contributed by atoms with van der Waals surface area (Å²) in [5.74, 6) is 0.137. The van der Waals surface area contributed by atoms with Crippen LogP contribution in [0.25, 0.3) is 0 Å². The van der Waals surface area contributed by atoms with Crippen LogP contribution < -0.4 is 0 Å². The van der Waals surface area contributed by atoms with Gasteiger partial charge in [-0.1, -0.05) is 33.6 Å². The van der Waals surface area contributed by atoms with Crippen LogP contribution in [0.5, 0.6) is 0 Å². The molecule has 0 aromatic heterocycles. The van der Waals surface area contributed by atoms with Crippen molar-refractivity contribution >= 4 is 25.8 Å². The molecule has 0 saturated carbocycles. The molecule has 0 fully saturated rings. The van der Waals surface area contributed by atoms with Crippen LogP contribution in [0.2, 0.25) is 0 Å². The molecule has 0 N–H and O–H groups in total. The van der Waals surface area contributed by atoms with Gasteiger partial charge in [-0.25, -0.2) is 8.42 Å². The van der Waals surface area contributed by atoms with Gasteiger partial charge in [-0.15, -0.1) is 0 Å². The Kier molecular flexibility index (Phi) is 4.18. The average molecular weight is 305 g/mol. The van der Waals surface area contributed by atoms with Crippen molar-refractivity contribution in [2.24, 2.45) is 0 Å². The molecule has 0 saturated heterocycles. The van der Waals surface area contributed by atoms with Gasteiger partial charge in [0.2, 0.25) is 0 Å². The van der Waals surface area contributed by atoms with Crippen molar-refractivity contribution in [1.82, 2.24) is 0 Å². The van der Waals surface area contributed by atoms with Crippen molar-refractivity contribution < 1.29 is 8.42 Å². The van der Waals surface area contributed by atoms with Gasteiger partial charge in [-0.05, 0) is 37.5 Å². The molecule has 2 nitrogen and oxygen atoms in total. The number of halogens is 1. The zero-order valence-electron chi connectivity index (χ0n) is 10.0. The molecule has 1 rings (SSSR count). The van der Waals surface area contributed by atoms with Crippen LogP contribution in [0, 0.1) is 20.8 Å². The van der Waals surface area contributed by atoms with Crippen molar-refractivity contribution in [1.29, 1.82) is 0 Å². The Bertz CT molecular complexity index is 469. The van der Waals surface area contributed by atoms with Crippen molar-refractivity contribution in [2.75, 3.05) is 12.0 Å². The summed E-state index contributed by atoms with van der Waals surface area (Å²) in [6.07, 6.45) is 1.26. The van der Waals surface area contributed by atoms with Crippen molar-refractivity contribution in [2.45, 2.75) is 25.6 Å². The predicted octanol–water partition coefficient (Wildman–Crippen LogP) is 3.09.